The molecule has 1 fully saturated rings. The van der Waals surface area contributed by atoms with Crippen LogP contribution in [0.5, 0.6) is 0 Å². The number of hydrogen-bond donors (Lipinski definition) is 0. The molecule has 2 aliphatic rings. The Hall–Kier alpha value is -1.99. The standard InChI is InChI=1S/C17H19N5OS/c1-21-7-6-18-16(21)17(23-2)8-22(9-17)14-13-11-4-3-5-12(11)24-15(13)20-10-19-14/h6-7,10H,3-5,8-9H2,1-2H3. The molecule has 5 rings (SSSR count). The van der Waals surface area contributed by atoms with Gasteiger partial charge in [0.15, 0.2) is 5.60 Å². The molecule has 4 heterocycles. The van der Waals surface area contributed by atoms with Crippen LogP contribution in [-0.2, 0) is 30.2 Å². The summed E-state index contributed by atoms with van der Waals surface area (Å²) in [5, 5.41) is 1.26. The SMILES string of the molecule is COC1(c2nccn2C)CN(c2ncnc3sc4c(c23)CCC4)C1. The van der Waals surface area contributed by atoms with E-state index in [-0.39, 0.29) is 5.60 Å². The van der Waals surface area contributed by atoms with E-state index in [0.717, 1.165) is 36.0 Å². The molecule has 7 heteroatoms. The highest BCUT2D eigenvalue weighted by atomic mass is 32.1. The Bertz CT molecular complexity index is 924. The van der Waals surface area contributed by atoms with Crippen LogP contribution >= 0.6 is 11.3 Å². The number of ether oxygens (including phenoxy) is 1. The maximum absolute atomic E-state index is 5.87. The van der Waals surface area contributed by atoms with Gasteiger partial charge in [-0.3, -0.25) is 0 Å². The minimum absolute atomic E-state index is 0.352. The van der Waals surface area contributed by atoms with E-state index in [0.29, 0.717) is 0 Å². The Labute approximate surface area is 144 Å². The van der Waals surface area contributed by atoms with Crippen molar-refractivity contribution >= 4 is 27.4 Å². The molecule has 0 saturated carbocycles. The first-order valence-corrected chi connectivity index (χ1v) is 9.07. The van der Waals surface area contributed by atoms with Gasteiger partial charge < -0.3 is 14.2 Å². The van der Waals surface area contributed by atoms with E-state index < -0.39 is 0 Å². The molecule has 1 aliphatic carbocycles. The number of aryl methyl sites for hydroxylation is 3. The first-order valence-electron chi connectivity index (χ1n) is 8.25. The second-order valence-electron chi connectivity index (χ2n) is 6.65. The topological polar surface area (TPSA) is 56.1 Å². The lowest BCUT2D eigenvalue weighted by Gasteiger charge is -2.48. The van der Waals surface area contributed by atoms with Crippen LogP contribution in [0.25, 0.3) is 10.2 Å². The van der Waals surface area contributed by atoms with E-state index in [9.17, 15) is 0 Å². The van der Waals surface area contributed by atoms with Gasteiger partial charge >= 0.3 is 0 Å². The molecular formula is C17H19N5OS. The van der Waals surface area contributed by atoms with Gasteiger partial charge in [0.25, 0.3) is 0 Å². The summed E-state index contributed by atoms with van der Waals surface area (Å²) in [6.07, 6.45) is 9.07. The smallest absolute Gasteiger partial charge is 0.160 e. The third-order valence-corrected chi connectivity index (χ3v) is 6.49. The molecule has 0 atom stereocenters. The van der Waals surface area contributed by atoms with Crippen molar-refractivity contribution in [2.24, 2.45) is 7.05 Å². The maximum Gasteiger partial charge on any atom is 0.160 e. The summed E-state index contributed by atoms with van der Waals surface area (Å²) in [4.78, 5) is 18.5. The molecule has 0 spiro atoms. The van der Waals surface area contributed by atoms with E-state index in [1.165, 1.54) is 28.7 Å². The number of hydrogen-bond acceptors (Lipinski definition) is 6. The number of rotatable bonds is 3. The summed E-state index contributed by atoms with van der Waals surface area (Å²) in [5.74, 6) is 2.03. The van der Waals surface area contributed by atoms with E-state index in [1.54, 1.807) is 13.4 Å². The average molecular weight is 341 g/mol. The minimum atomic E-state index is -0.352. The van der Waals surface area contributed by atoms with Crippen LogP contribution in [-0.4, -0.2) is 39.7 Å². The highest BCUT2D eigenvalue weighted by Gasteiger charge is 2.49. The first-order chi connectivity index (χ1) is 11.7. The molecule has 0 aromatic carbocycles. The van der Waals surface area contributed by atoms with Crippen molar-refractivity contribution in [1.82, 2.24) is 19.5 Å². The number of anilines is 1. The normalized spacial score (nSPS) is 18.8. The van der Waals surface area contributed by atoms with Crippen LogP contribution in [0.3, 0.4) is 0 Å². The van der Waals surface area contributed by atoms with Gasteiger partial charge in [-0.25, -0.2) is 15.0 Å². The Balaban J connectivity index is 1.54. The fourth-order valence-electron chi connectivity index (χ4n) is 4.04. The highest BCUT2D eigenvalue weighted by molar-refractivity contribution is 7.19. The summed E-state index contributed by atoms with van der Waals surface area (Å²) in [5.41, 5.74) is 1.12. The molecule has 0 bridgehead atoms. The van der Waals surface area contributed by atoms with Gasteiger partial charge in [0.05, 0.1) is 18.5 Å². The van der Waals surface area contributed by atoms with Crippen LogP contribution in [0.4, 0.5) is 5.82 Å². The summed E-state index contributed by atoms with van der Waals surface area (Å²) >= 11 is 1.83. The lowest BCUT2D eigenvalue weighted by Crippen LogP contribution is -2.62. The Morgan fingerprint density at radius 1 is 1.21 bits per heavy atom. The van der Waals surface area contributed by atoms with Crippen molar-refractivity contribution in [3.63, 3.8) is 0 Å². The van der Waals surface area contributed by atoms with Gasteiger partial charge in [0.1, 0.15) is 22.8 Å². The van der Waals surface area contributed by atoms with Crippen molar-refractivity contribution in [2.75, 3.05) is 25.1 Å². The number of methoxy groups -OCH3 is 1. The quantitative estimate of drug-likeness (QED) is 0.731. The van der Waals surface area contributed by atoms with Gasteiger partial charge in [-0.2, -0.15) is 0 Å². The van der Waals surface area contributed by atoms with E-state index in [1.807, 2.05) is 35.3 Å². The lowest BCUT2D eigenvalue weighted by molar-refractivity contribution is -0.0474. The van der Waals surface area contributed by atoms with Crippen molar-refractivity contribution in [2.45, 2.75) is 24.9 Å². The van der Waals surface area contributed by atoms with Gasteiger partial charge in [-0.15, -0.1) is 11.3 Å². The zero-order valence-electron chi connectivity index (χ0n) is 13.8. The molecule has 1 aliphatic heterocycles. The molecule has 3 aromatic heterocycles. The van der Waals surface area contributed by atoms with Crippen LogP contribution in [0.1, 0.15) is 22.7 Å². The fourth-order valence-corrected chi connectivity index (χ4v) is 5.26. The number of imidazole rings is 1. The predicted molar refractivity (Wildman–Crippen MR) is 93.5 cm³/mol. The van der Waals surface area contributed by atoms with Crippen LogP contribution in [0.15, 0.2) is 18.7 Å². The monoisotopic (exact) mass is 341 g/mol. The number of thiophene rings is 1. The molecule has 0 N–H and O–H groups in total. The van der Waals surface area contributed by atoms with Crippen molar-refractivity contribution < 1.29 is 4.74 Å². The second kappa shape index (κ2) is 5.00. The summed E-state index contributed by atoms with van der Waals surface area (Å²) in [6, 6.07) is 0. The second-order valence-corrected chi connectivity index (χ2v) is 7.73. The van der Waals surface area contributed by atoms with Gasteiger partial charge in [0.2, 0.25) is 0 Å². The summed E-state index contributed by atoms with van der Waals surface area (Å²) < 4.78 is 7.91. The molecule has 3 aromatic rings. The molecule has 1 saturated heterocycles. The summed E-state index contributed by atoms with van der Waals surface area (Å²) in [6.45, 7) is 1.54. The molecular weight excluding hydrogens is 322 g/mol. The van der Waals surface area contributed by atoms with Crippen LogP contribution in [0.2, 0.25) is 0 Å². The maximum atomic E-state index is 5.87. The van der Waals surface area contributed by atoms with Gasteiger partial charge in [-0.05, 0) is 24.8 Å². The zero-order valence-corrected chi connectivity index (χ0v) is 14.6. The number of fused-ring (bicyclic) bond motifs is 3. The molecule has 124 valence electrons. The molecule has 0 radical (unpaired) electrons. The van der Waals surface area contributed by atoms with E-state index in [2.05, 4.69) is 19.9 Å². The van der Waals surface area contributed by atoms with Gasteiger partial charge in [-0.1, -0.05) is 0 Å². The molecule has 0 amide bonds. The molecule has 0 unspecified atom stereocenters. The van der Waals surface area contributed by atoms with E-state index >= 15 is 0 Å². The Kier molecular flexibility index (Phi) is 2.99. The highest BCUT2D eigenvalue weighted by Crippen LogP contribution is 2.44. The van der Waals surface area contributed by atoms with Crippen molar-refractivity contribution in [3.05, 3.63) is 35.0 Å². The van der Waals surface area contributed by atoms with Crippen LogP contribution < -0.4 is 4.90 Å². The van der Waals surface area contributed by atoms with E-state index in [4.69, 9.17) is 4.74 Å². The lowest BCUT2D eigenvalue weighted by atomic mass is 9.92. The Morgan fingerprint density at radius 2 is 2.08 bits per heavy atom. The largest absolute Gasteiger partial charge is 0.367 e. The molecule has 24 heavy (non-hydrogen) atoms. The third kappa shape index (κ3) is 1.82. The Morgan fingerprint density at radius 3 is 2.83 bits per heavy atom. The molecule has 6 nitrogen and oxygen atoms in total. The number of nitrogens with zero attached hydrogens (tertiary/aromatic N) is 5. The van der Waals surface area contributed by atoms with Crippen LogP contribution in [0, 0.1) is 0 Å². The fraction of sp³-hybridized carbons (Fsp3) is 0.471. The average Bonchev–Trinajstić information content (AvgIpc) is 3.23. The third-order valence-electron chi connectivity index (χ3n) is 5.29. The van der Waals surface area contributed by atoms with Crippen molar-refractivity contribution in [1.29, 1.82) is 0 Å². The minimum Gasteiger partial charge on any atom is -0.367 e. The zero-order chi connectivity index (χ0) is 16.3. The van der Waals surface area contributed by atoms with Gasteiger partial charge in [0, 0.05) is 31.4 Å². The number of aromatic nitrogens is 4. The first kappa shape index (κ1) is 14.4. The van der Waals surface area contributed by atoms with Crippen molar-refractivity contribution in [3.8, 4) is 0 Å². The summed E-state index contributed by atoms with van der Waals surface area (Å²) in [7, 11) is 3.78. The predicted octanol–water partition coefficient (Wildman–Crippen LogP) is 2.28.